The first kappa shape index (κ1) is 13.0. The van der Waals surface area contributed by atoms with Crippen LogP contribution in [0.5, 0.6) is 0 Å². The third kappa shape index (κ3) is 2.24. The topological polar surface area (TPSA) is 37.3 Å². The lowest BCUT2D eigenvalue weighted by molar-refractivity contribution is 0.498. The first-order chi connectivity index (χ1) is 8.57. The molecule has 0 aliphatic rings. The number of hydrogen-bond donors (Lipinski definition) is 1. The average Bonchev–Trinajstić information content (AvgIpc) is 2.39. The van der Waals surface area contributed by atoms with Crippen molar-refractivity contribution in [3.8, 4) is 0 Å². The normalized spacial score (nSPS) is 14.2. The van der Waals surface area contributed by atoms with Gasteiger partial charge in [-0.2, -0.15) is 0 Å². The molecule has 1 atom stereocenters. The Morgan fingerprint density at radius 1 is 1.06 bits per heavy atom. The van der Waals surface area contributed by atoms with Gasteiger partial charge in [-0.05, 0) is 30.2 Å². The monoisotopic (exact) mass is 264 g/mol. The van der Waals surface area contributed by atoms with Gasteiger partial charge in [-0.15, -0.1) is 0 Å². The Kier molecular flexibility index (Phi) is 3.65. The van der Waals surface area contributed by atoms with E-state index in [0.717, 1.165) is 5.56 Å². The second-order valence-electron chi connectivity index (χ2n) is 4.01. The fourth-order valence-electron chi connectivity index (χ4n) is 1.93. The first-order valence-corrected chi connectivity index (χ1v) is 7.39. The van der Waals surface area contributed by atoms with E-state index in [0.29, 0.717) is 11.7 Å². The lowest BCUT2D eigenvalue weighted by Crippen LogP contribution is -2.21. The predicted molar refractivity (Wildman–Crippen MR) is 71.3 cm³/mol. The summed E-state index contributed by atoms with van der Waals surface area (Å²) in [7, 11) is -3.86. The van der Waals surface area contributed by atoms with Crippen LogP contribution in [0.3, 0.4) is 0 Å². The van der Waals surface area contributed by atoms with Gasteiger partial charge in [0.1, 0.15) is 5.82 Å². The zero-order valence-electron chi connectivity index (χ0n) is 10.0. The zero-order chi connectivity index (χ0) is 13.2. The molecule has 2 aromatic carbocycles. The van der Waals surface area contributed by atoms with Gasteiger partial charge in [0.15, 0.2) is 0 Å². The largest absolute Gasteiger partial charge is 0.338 e. The van der Waals surface area contributed by atoms with Crippen molar-refractivity contribution in [1.82, 2.24) is 0 Å². The van der Waals surface area contributed by atoms with Crippen molar-refractivity contribution in [1.29, 1.82) is 0 Å². The Morgan fingerprint density at radius 3 is 2.22 bits per heavy atom. The van der Waals surface area contributed by atoms with E-state index in [9.17, 15) is 13.8 Å². The van der Waals surface area contributed by atoms with Gasteiger partial charge >= 0.3 is 0 Å². The summed E-state index contributed by atoms with van der Waals surface area (Å²) in [6.07, 6.45) is 0.634. The van der Waals surface area contributed by atoms with Crippen molar-refractivity contribution in [3.05, 3.63) is 59.9 Å². The molecule has 1 unspecified atom stereocenters. The molecule has 0 saturated heterocycles. The number of aryl methyl sites for hydroxylation is 1. The smallest absolute Gasteiger partial charge is 0.261 e. The number of benzene rings is 2. The van der Waals surface area contributed by atoms with E-state index in [4.69, 9.17) is 0 Å². The molecule has 0 aliphatic heterocycles. The van der Waals surface area contributed by atoms with Crippen molar-refractivity contribution >= 4 is 18.0 Å². The van der Waals surface area contributed by atoms with Crippen LogP contribution in [0.1, 0.15) is 12.5 Å². The van der Waals surface area contributed by atoms with Gasteiger partial charge < -0.3 is 4.89 Å². The van der Waals surface area contributed by atoms with Gasteiger partial charge in [0.25, 0.3) is 7.37 Å². The standard InChI is InChI=1S/C14H14FO2P/c1-2-11-7-3-5-9-13(11)18(16,17)14-10-6-4-8-12(14)15/h3-10H,2H2,1H3,(H,16,17). The van der Waals surface area contributed by atoms with Gasteiger partial charge in [-0.1, -0.05) is 37.3 Å². The van der Waals surface area contributed by atoms with E-state index in [1.807, 2.05) is 13.0 Å². The minimum Gasteiger partial charge on any atom is -0.338 e. The highest BCUT2D eigenvalue weighted by Crippen LogP contribution is 2.40. The maximum atomic E-state index is 13.7. The Hall–Kier alpha value is -1.44. The summed E-state index contributed by atoms with van der Waals surface area (Å²) in [6, 6.07) is 12.5. The van der Waals surface area contributed by atoms with E-state index >= 15 is 0 Å². The molecule has 0 fully saturated rings. The van der Waals surface area contributed by atoms with E-state index in [1.54, 1.807) is 24.3 Å². The highest BCUT2D eigenvalue weighted by molar-refractivity contribution is 7.73. The Labute approximate surface area is 106 Å². The van der Waals surface area contributed by atoms with Crippen molar-refractivity contribution < 1.29 is 13.8 Å². The summed E-state index contributed by atoms with van der Waals surface area (Å²) in [5.41, 5.74) is 0.770. The molecule has 0 spiro atoms. The number of hydrogen-bond acceptors (Lipinski definition) is 1. The van der Waals surface area contributed by atoms with Crippen LogP contribution in [0, 0.1) is 5.82 Å². The molecule has 0 saturated carbocycles. The molecule has 94 valence electrons. The molecule has 0 radical (unpaired) electrons. The fraction of sp³-hybridized carbons (Fsp3) is 0.143. The minimum absolute atomic E-state index is 0.133. The highest BCUT2D eigenvalue weighted by atomic mass is 31.2. The third-order valence-corrected chi connectivity index (χ3v) is 4.98. The summed E-state index contributed by atoms with van der Waals surface area (Å²) in [6.45, 7) is 1.90. The van der Waals surface area contributed by atoms with Gasteiger partial charge in [-0.3, -0.25) is 4.57 Å². The van der Waals surface area contributed by atoms with Crippen LogP contribution >= 0.6 is 7.37 Å². The van der Waals surface area contributed by atoms with E-state index in [1.165, 1.54) is 18.2 Å². The number of halogens is 1. The molecule has 2 rings (SSSR count). The van der Waals surface area contributed by atoms with Crippen LogP contribution in [0.25, 0.3) is 0 Å². The molecule has 2 aromatic rings. The highest BCUT2D eigenvalue weighted by Gasteiger charge is 2.29. The fourth-order valence-corrected chi connectivity index (χ4v) is 3.75. The second kappa shape index (κ2) is 5.05. The van der Waals surface area contributed by atoms with Gasteiger partial charge in [0.2, 0.25) is 0 Å². The third-order valence-electron chi connectivity index (χ3n) is 2.88. The molecule has 2 nitrogen and oxygen atoms in total. The molecule has 4 heteroatoms. The lowest BCUT2D eigenvalue weighted by Gasteiger charge is -2.16. The van der Waals surface area contributed by atoms with Gasteiger partial charge in [-0.25, -0.2) is 4.39 Å². The molecular formula is C14H14FO2P. The summed E-state index contributed by atoms with van der Waals surface area (Å²) >= 11 is 0. The molecule has 0 heterocycles. The van der Waals surface area contributed by atoms with Crippen LogP contribution in [-0.4, -0.2) is 4.89 Å². The summed E-state index contributed by atoms with van der Waals surface area (Å²) in [5.74, 6) is -0.644. The Morgan fingerprint density at radius 2 is 1.61 bits per heavy atom. The molecule has 0 bridgehead atoms. The number of rotatable bonds is 3. The van der Waals surface area contributed by atoms with Crippen LogP contribution in [0.15, 0.2) is 48.5 Å². The molecule has 0 aromatic heterocycles. The van der Waals surface area contributed by atoms with E-state index < -0.39 is 13.2 Å². The van der Waals surface area contributed by atoms with Crippen molar-refractivity contribution in [2.45, 2.75) is 13.3 Å². The van der Waals surface area contributed by atoms with Crippen LogP contribution in [0.2, 0.25) is 0 Å². The summed E-state index contributed by atoms with van der Waals surface area (Å²) in [5, 5.41) is 0.184. The van der Waals surface area contributed by atoms with Gasteiger partial charge in [0, 0.05) is 5.30 Å². The van der Waals surface area contributed by atoms with Crippen molar-refractivity contribution in [2.24, 2.45) is 0 Å². The predicted octanol–water partition coefficient (Wildman–Crippen LogP) is 2.61. The second-order valence-corrected chi connectivity index (χ2v) is 6.13. The van der Waals surface area contributed by atoms with Crippen LogP contribution in [0.4, 0.5) is 4.39 Å². The molecule has 0 aliphatic carbocycles. The molecular weight excluding hydrogens is 250 g/mol. The maximum absolute atomic E-state index is 13.7. The minimum atomic E-state index is -3.86. The Bertz CT molecular complexity index is 610. The molecule has 0 amide bonds. The quantitative estimate of drug-likeness (QED) is 0.865. The van der Waals surface area contributed by atoms with E-state index in [2.05, 4.69) is 0 Å². The summed E-state index contributed by atoms with van der Waals surface area (Å²) < 4.78 is 26.2. The first-order valence-electron chi connectivity index (χ1n) is 5.73. The zero-order valence-corrected chi connectivity index (χ0v) is 10.9. The van der Waals surface area contributed by atoms with Crippen molar-refractivity contribution in [2.75, 3.05) is 0 Å². The SMILES string of the molecule is CCc1ccccc1P(=O)(O)c1ccccc1F. The van der Waals surface area contributed by atoms with Gasteiger partial charge in [0.05, 0.1) is 5.30 Å². The van der Waals surface area contributed by atoms with Crippen LogP contribution in [-0.2, 0) is 11.0 Å². The Balaban J connectivity index is 2.62. The van der Waals surface area contributed by atoms with Crippen LogP contribution < -0.4 is 10.6 Å². The molecule has 18 heavy (non-hydrogen) atoms. The maximum Gasteiger partial charge on any atom is 0.261 e. The average molecular weight is 264 g/mol. The van der Waals surface area contributed by atoms with E-state index in [-0.39, 0.29) is 5.30 Å². The summed E-state index contributed by atoms with van der Waals surface area (Å²) in [4.78, 5) is 10.3. The lowest BCUT2D eigenvalue weighted by atomic mass is 10.2. The van der Waals surface area contributed by atoms with Crippen molar-refractivity contribution in [3.63, 3.8) is 0 Å². The molecule has 1 N–H and O–H groups in total.